The van der Waals surface area contributed by atoms with Gasteiger partial charge in [-0.1, -0.05) is 87.4 Å². The quantitative estimate of drug-likeness (QED) is 0.101. The van der Waals surface area contributed by atoms with E-state index in [1.807, 2.05) is 76.3 Å². The Morgan fingerprint density at radius 1 is 0.914 bits per heavy atom. The van der Waals surface area contributed by atoms with Crippen molar-refractivity contribution in [3.05, 3.63) is 76.9 Å². The highest BCUT2D eigenvalue weighted by Crippen LogP contribution is 2.38. The molecule has 4 aliphatic rings. The fraction of sp³-hybridized carbons (Fsp3) is 0.673. The number of hydrogen-bond acceptors (Lipinski definition) is 13. The van der Waals surface area contributed by atoms with Crippen LogP contribution in [-0.4, -0.2) is 125 Å². The summed E-state index contributed by atoms with van der Waals surface area (Å²) >= 11 is 6.38. The number of anilines is 1. The molecule has 0 aromatic heterocycles. The molecule has 15 atom stereocenters. The molecular weight excluding hydrogens is 914 g/mol. The van der Waals surface area contributed by atoms with Gasteiger partial charge in [-0.25, -0.2) is 4.79 Å². The Kier molecular flexibility index (Phi) is 21.9. The summed E-state index contributed by atoms with van der Waals surface area (Å²) in [5.74, 6) is -6.46. The number of rotatable bonds is 7. The molecule has 2 saturated heterocycles. The van der Waals surface area contributed by atoms with E-state index in [9.17, 15) is 34.5 Å². The number of cyclic esters (lactones) is 1. The molecule has 14 nitrogen and oxygen atoms in total. The zero-order valence-electron chi connectivity index (χ0n) is 42.8. The van der Waals surface area contributed by atoms with Crippen LogP contribution in [-0.2, 0) is 38.1 Å². The molecule has 0 radical (unpaired) electrons. The minimum atomic E-state index is -2.43. The second-order valence-corrected chi connectivity index (χ2v) is 21.3. The number of hydrogen-bond donors (Lipinski definition) is 5. The number of nitrogens with two attached hydrogens (primary N) is 1. The lowest BCUT2D eigenvalue weighted by Crippen LogP contribution is -2.61. The smallest absolute Gasteiger partial charge is 0.329 e. The number of ether oxygens (including phenoxy) is 4. The summed E-state index contributed by atoms with van der Waals surface area (Å²) in [6.45, 7) is 11.4. The van der Waals surface area contributed by atoms with Crippen LogP contribution in [0, 0.1) is 29.6 Å². The van der Waals surface area contributed by atoms with Crippen molar-refractivity contribution in [3.63, 3.8) is 0 Å². The summed E-state index contributed by atoms with van der Waals surface area (Å²) in [4.78, 5) is 58.4. The monoisotopic (exact) mass is 996 g/mol. The van der Waals surface area contributed by atoms with Gasteiger partial charge in [-0.3, -0.25) is 14.4 Å². The zero-order valence-corrected chi connectivity index (χ0v) is 43.5. The maximum absolute atomic E-state index is 14.5. The Labute approximate surface area is 421 Å². The van der Waals surface area contributed by atoms with Crippen molar-refractivity contribution in [2.24, 2.45) is 35.3 Å². The van der Waals surface area contributed by atoms with Gasteiger partial charge in [0.1, 0.15) is 24.4 Å². The summed E-state index contributed by atoms with van der Waals surface area (Å²) in [6.07, 6.45) is 13.7. The molecular formula is C55H82ClN3O11. The van der Waals surface area contributed by atoms with Gasteiger partial charge in [0.05, 0.1) is 18.3 Å². The predicted octanol–water partition coefficient (Wildman–Crippen LogP) is 7.81. The second-order valence-electron chi connectivity index (χ2n) is 20.9. The number of allylic oxidation sites excluding steroid dienone is 5. The summed E-state index contributed by atoms with van der Waals surface area (Å²) in [5, 5.41) is 38.3. The molecule has 0 spiro atoms. The van der Waals surface area contributed by atoms with Crippen LogP contribution in [0.2, 0.25) is 5.02 Å². The molecule has 3 fully saturated rings. The van der Waals surface area contributed by atoms with E-state index in [4.69, 9.17) is 36.3 Å². The average molecular weight is 997 g/mol. The van der Waals surface area contributed by atoms with Gasteiger partial charge in [-0.2, -0.15) is 0 Å². The van der Waals surface area contributed by atoms with E-state index in [0.29, 0.717) is 81.2 Å². The summed E-state index contributed by atoms with van der Waals surface area (Å²) in [7, 11) is 3.01. The van der Waals surface area contributed by atoms with Crippen molar-refractivity contribution < 1.29 is 53.4 Å². The van der Waals surface area contributed by atoms with Crippen LogP contribution in [0.4, 0.5) is 5.69 Å². The van der Waals surface area contributed by atoms with Crippen LogP contribution < -0.4 is 11.1 Å². The van der Waals surface area contributed by atoms with Crippen molar-refractivity contribution in [3.8, 4) is 0 Å². The lowest BCUT2D eigenvalue weighted by Gasteiger charge is -2.43. The number of carbonyl (C=O) groups excluding carboxylic acids is 4. The Hall–Kier alpha value is -3.73. The Morgan fingerprint density at radius 2 is 1.67 bits per heavy atom. The van der Waals surface area contributed by atoms with Gasteiger partial charge in [-0.05, 0) is 139 Å². The Morgan fingerprint density at radius 3 is 2.39 bits per heavy atom. The molecule has 1 aliphatic carbocycles. The number of Topliss-reactive ketones (excluding diaryl/α,β-unsaturated/α-hetero) is 2. The molecule has 2 bridgehead atoms. The number of nitrogens with zero attached hydrogens (tertiary/aromatic N) is 1. The number of nitrogens with one attached hydrogen (secondary N) is 1. The van der Waals surface area contributed by atoms with E-state index in [2.05, 4.69) is 5.32 Å². The van der Waals surface area contributed by atoms with E-state index in [1.165, 1.54) is 12.0 Å². The maximum Gasteiger partial charge on any atom is 0.329 e. The first-order valence-corrected chi connectivity index (χ1v) is 26.0. The normalized spacial score (nSPS) is 38.2. The van der Waals surface area contributed by atoms with Crippen molar-refractivity contribution in [2.75, 3.05) is 26.1 Å². The molecule has 1 aromatic carbocycles. The van der Waals surface area contributed by atoms with Gasteiger partial charge in [0.15, 0.2) is 5.78 Å². The SMILES string of the molecule is CO[C@@H]1CC(C[C@@H](C)[C@@H]2CC[C@H](N)/C=C(\C)[C@@H](O)[C@@H](OC)C(=O)[C@H](C)C[C@H](C)/C=C/C=C/C=C(\C)C(Nc3cccc(Cl)c3)C[C@@H]3CC[C@@H](C)[C@@](O)(O3)C(=O)C(=O)N3CCCCC3C(=O)O2)CC[C@H]1O. The van der Waals surface area contributed by atoms with Gasteiger partial charge in [0.2, 0.25) is 5.79 Å². The predicted molar refractivity (Wildman–Crippen MR) is 272 cm³/mol. The lowest BCUT2D eigenvalue weighted by atomic mass is 9.78. The number of halogens is 1. The highest BCUT2D eigenvalue weighted by molar-refractivity contribution is 6.39. The fourth-order valence-electron chi connectivity index (χ4n) is 10.8. The number of aliphatic hydroxyl groups excluding tert-OH is 2. The maximum atomic E-state index is 14.5. The third-order valence-electron chi connectivity index (χ3n) is 15.3. The molecule has 15 heteroatoms. The van der Waals surface area contributed by atoms with Gasteiger partial charge >= 0.3 is 5.97 Å². The average Bonchev–Trinajstić information content (AvgIpc) is 3.33. The standard InChI is InChI=1S/C55H82ClN3O11/c1-33-15-10-9-11-16-34(2)44(58-42-18-14-17-40(56)31-42)32-43-23-20-38(6)55(66,70-43)52(63)53(64)59-26-13-12-19-45(59)54(65)69-47(35(3)28-39-21-24-46(60)48(30-39)67-7)25-22-41(57)29-37(5)50(62)51(68-8)49(61)36(4)27-33/h9-11,14-18,29,31,33,35-36,38-39,41,43-48,50-51,58,60,62,66H,12-13,19-28,30,32,57H2,1-8H3/b11-9+,15-10+,34-16+,37-29+/t33-,35-,36-,38-,39?,41+,43+,44?,45?,46-,47+,48-,50-,51+,55-/m1/s1. The highest BCUT2D eigenvalue weighted by atomic mass is 35.5. The third-order valence-corrected chi connectivity index (χ3v) is 15.5. The first-order valence-electron chi connectivity index (χ1n) is 25.6. The highest BCUT2D eigenvalue weighted by Gasteiger charge is 2.53. The molecule has 3 unspecified atom stereocenters. The minimum absolute atomic E-state index is 0.0251. The number of carbonyl (C=O) groups is 4. The molecule has 1 aromatic rings. The van der Waals surface area contributed by atoms with Crippen molar-refractivity contribution in [1.82, 2.24) is 4.90 Å². The molecule has 5 rings (SSSR count). The Balaban J connectivity index is 1.48. The third kappa shape index (κ3) is 15.4. The van der Waals surface area contributed by atoms with Crippen LogP contribution in [0.1, 0.15) is 125 Å². The zero-order chi connectivity index (χ0) is 51.3. The number of aliphatic hydroxyl groups is 3. The van der Waals surface area contributed by atoms with Gasteiger partial charge in [-0.15, -0.1) is 0 Å². The number of methoxy groups -OCH3 is 2. The number of amides is 1. The van der Waals surface area contributed by atoms with E-state index in [-0.39, 0.29) is 48.6 Å². The number of esters is 1. The first kappa shape index (κ1) is 57.2. The molecule has 1 saturated carbocycles. The second kappa shape index (κ2) is 26.8. The fourth-order valence-corrected chi connectivity index (χ4v) is 11.0. The topological polar surface area (TPSA) is 207 Å². The van der Waals surface area contributed by atoms with Crippen molar-refractivity contribution >= 4 is 40.7 Å². The van der Waals surface area contributed by atoms with Gasteiger partial charge in [0, 0.05) is 55.4 Å². The summed E-state index contributed by atoms with van der Waals surface area (Å²) in [6, 6.07) is 5.36. The number of fused-ring (bicyclic) bond motifs is 3. The van der Waals surface area contributed by atoms with E-state index in [0.717, 1.165) is 17.7 Å². The lowest BCUT2D eigenvalue weighted by molar-refractivity contribution is -0.263. The number of piperidine rings is 1. The van der Waals surface area contributed by atoms with Crippen molar-refractivity contribution in [2.45, 2.75) is 186 Å². The van der Waals surface area contributed by atoms with E-state index in [1.54, 1.807) is 33.1 Å². The van der Waals surface area contributed by atoms with Crippen molar-refractivity contribution in [1.29, 1.82) is 0 Å². The van der Waals surface area contributed by atoms with Gasteiger partial charge in [0.25, 0.3) is 11.7 Å². The van der Waals surface area contributed by atoms with Crippen LogP contribution in [0.15, 0.2) is 71.9 Å². The van der Waals surface area contributed by atoms with Gasteiger partial charge < -0.3 is 50.2 Å². The molecule has 1 amide bonds. The molecule has 70 heavy (non-hydrogen) atoms. The molecule has 390 valence electrons. The number of benzene rings is 1. The minimum Gasteiger partial charge on any atom is -0.461 e. The van der Waals surface area contributed by atoms with Crippen LogP contribution >= 0.6 is 11.6 Å². The summed E-state index contributed by atoms with van der Waals surface area (Å²) < 4.78 is 24.0. The first-order chi connectivity index (χ1) is 33.3. The molecule has 3 heterocycles. The molecule has 3 aliphatic heterocycles. The van der Waals surface area contributed by atoms with E-state index >= 15 is 0 Å². The Bertz CT molecular complexity index is 2040. The summed E-state index contributed by atoms with van der Waals surface area (Å²) in [5.41, 5.74) is 8.88. The largest absolute Gasteiger partial charge is 0.461 e. The van der Waals surface area contributed by atoms with E-state index < -0.39 is 77.9 Å². The molecule has 6 N–H and O–H groups in total. The van der Waals surface area contributed by atoms with Crippen LogP contribution in [0.25, 0.3) is 0 Å². The van der Waals surface area contributed by atoms with Crippen LogP contribution in [0.3, 0.4) is 0 Å². The van der Waals surface area contributed by atoms with Crippen LogP contribution in [0.5, 0.6) is 0 Å². The number of ketones is 2.